The van der Waals surface area contributed by atoms with Crippen molar-refractivity contribution < 1.29 is 9.59 Å². The van der Waals surface area contributed by atoms with Gasteiger partial charge in [0.1, 0.15) is 11.6 Å². The van der Waals surface area contributed by atoms with Gasteiger partial charge in [-0.15, -0.1) is 0 Å². The molecule has 2 aromatic rings. The topological polar surface area (TPSA) is 34.1 Å². The van der Waals surface area contributed by atoms with Gasteiger partial charge in [0, 0.05) is 10.6 Å². The van der Waals surface area contributed by atoms with E-state index in [1.807, 2.05) is 42.5 Å². The molecule has 0 saturated carbocycles. The SMILES string of the molecule is CC(=O)C(C(C)=O)C(C#Cc1ccccc1)c1ccc(Cl)cc1. The van der Waals surface area contributed by atoms with E-state index in [1.165, 1.54) is 13.8 Å². The molecular weight excluding hydrogens is 308 g/mol. The fourth-order valence-electron chi connectivity index (χ4n) is 2.47. The van der Waals surface area contributed by atoms with Crippen molar-refractivity contribution in [3.05, 3.63) is 70.7 Å². The summed E-state index contributed by atoms with van der Waals surface area (Å²) in [5.74, 6) is 4.54. The van der Waals surface area contributed by atoms with E-state index in [-0.39, 0.29) is 11.6 Å². The molecule has 2 nitrogen and oxygen atoms in total. The van der Waals surface area contributed by atoms with Crippen molar-refractivity contribution in [2.75, 3.05) is 0 Å². The summed E-state index contributed by atoms with van der Waals surface area (Å²) < 4.78 is 0. The van der Waals surface area contributed by atoms with Crippen LogP contribution in [0.3, 0.4) is 0 Å². The Bertz CT molecular complexity index is 738. The molecule has 0 amide bonds. The molecule has 23 heavy (non-hydrogen) atoms. The van der Waals surface area contributed by atoms with E-state index in [4.69, 9.17) is 11.6 Å². The molecule has 1 atom stereocenters. The highest BCUT2D eigenvalue weighted by molar-refractivity contribution is 6.30. The average Bonchev–Trinajstić information content (AvgIpc) is 2.52. The second-order valence-electron chi connectivity index (χ2n) is 5.36. The number of hydrogen-bond donors (Lipinski definition) is 0. The van der Waals surface area contributed by atoms with Crippen LogP contribution >= 0.6 is 11.6 Å². The summed E-state index contributed by atoms with van der Waals surface area (Å²) in [5, 5.41) is 0.603. The first-order chi connectivity index (χ1) is 11.0. The van der Waals surface area contributed by atoms with E-state index in [1.54, 1.807) is 12.1 Å². The van der Waals surface area contributed by atoms with Gasteiger partial charge in [-0.2, -0.15) is 0 Å². The van der Waals surface area contributed by atoms with Crippen molar-refractivity contribution in [1.82, 2.24) is 0 Å². The molecule has 2 aromatic carbocycles. The first-order valence-corrected chi connectivity index (χ1v) is 7.70. The molecule has 0 aliphatic heterocycles. The fourth-order valence-corrected chi connectivity index (χ4v) is 2.59. The molecule has 0 aliphatic carbocycles. The number of carbonyl (C=O) groups is 2. The summed E-state index contributed by atoms with van der Waals surface area (Å²) in [7, 11) is 0. The van der Waals surface area contributed by atoms with Crippen LogP contribution in [0, 0.1) is 17.8 Å². The Morgan fingerprint density at radius 1 is 0.913 bits per heavy atom. The zero-order chi connectivity index (χ0) is 16.8. The molecule has 0 saturated heterocycles. The second-order valence-corrected chi connectivity index (χ2v) is 5.80. The van der Waals surface area contributed by atoms with Crippen LogP contribution < -0.4 is 0 Å². The summed E-state index contributed by atoms with van der Waals surface area (Å²) in [5.41, 5.74) is 1.66. The van der Waals surface area contributed by atoms with Gasteiger partial charge in [0.05, 0.1) is 11.8 Å². The molecule has 3 heteroatoms. The van der Waals surface area contributed by atoms with Crippen LogP contribution in [-0.4, -0.2) is 11.6 Å². The summed E-state index contributed by atoms with van der Waals surface area (Å²) in [6.07, 6.45) is 0. The largest absolute Gasteiger partial charge is 0.299 e. The van der Waals surface area contributed by atoms with Gasteiger partial charge in [-0.3, -0.25) is 9.59 Å². The summed E-state index contributed by atoms with van der Waals surface area (Å²) >= 11 is 5.92. The molecular formula is C20H17ClO2. The highest BCUT2D eigenvalue weighted by Crippen LogP contribution is 2.27. The minimum Gasteiger partial charge on any atom is -0.299 e. The second kappa shape index (κ2) is 7.76. The molecule has 0 radical (unpaired) electrons. The fraction of sp³-hybridized carbons (Fsp3) is 0.200. The number of ketones is 2. The molecule has 0 bridgehead atoms. The Morgan fingerprint density at radius 3 is 2.00 bits per heavy atom. The zero-order valence-electron chi connectivity index (χ0n) is 13.0. The summed E-state index contributed by atoms with van der Waals surface area (Å²) in [6, 6.07) is 16.6. The third-order valence-corrected chi connectivity index (χ3v) is 3.84. The standard InChI is InChI=1S/C20H17ClO2/c1-14(22)20(15(2)23)19(17-9-11-18(21)12-10-17)13-8-16-6-4-3-5-7-16/h3-7,9-12,19-20H,1-2H3. The van der Waals surface area contributed by atoms with E-state index in [9.17, 15) is 9.59 Å². The monoisotopic (exact) mass is 324 g/mol. The van der Waals surface area contributed by atoms with Crippen molar-refractivity contribution >= 4 is 23.2 Å². The highest BCUT2D eigenvalue weighted by atomic mass is 35.5. The Balaban J connectivity index is 2.47. The third-order valence-electron chi connectivity index (χ3n) is 3.58. The maximum Gasteiger partial charge on any atom is 0.141 e. The summed E-state index contributed by atoms with van der Waals surface area (Å²) in [4.78, 5) is 23.9. The smallest absolute Gasteiger partial charge is 0.141 e. The van der Waals surface area contributed by atoms with Crippen molar-refractivity contribution in [1.29, 1.82) is 0 Å². The van der Waals surface area contributed by atoms with Gasteiger partial charge < -0.3 is 0 Å². The number of Topliss-reactive ketones (excluding diaryl/α,β-unsaturated/α-hetero) is 2. The van der Waals surface area contributed by atoms with Gasteiger partial charge in [-0.1, -0.05) is 53.8 Å². The van der Waals surface area contributed by atoms with Crippen LogP contribution in [0.2, 0.25) is 5.02 Å². The number of carbonyl (C=O) groups excluding carboxylic acids is 2. The third kappa shape index (κ3) is 4.55. The Labute approximate surface area is 141 Å². The first-order valence-electron chi connectivity index (χ1n) is 7.32. The van der Waals surface area contributed by atoms with Gasteiger partial charge in [0.2, 0.25) is 0 Å². The minimum absolute atomic E-state index is 0.181. The molecule has 0 heterocycles. The summed E-state index contributed by atoms with van der Waals surface area (Å²) in [6.45, 7) is 2.86. The minimum atomic E-state index is -0.771. The quantitative estimate of drug-likeness (QED) is 0.621. The Kier molecular flexibility index (Phi) is 5.73. The molecule has 2 rings (SSSR count). The van der Waals surface area contributed by atoms with Gasteiger partial charge in [-0.05, 0) is 43.7 Å². The Hall–Kier alpha value is -2.37. The average molecular weight is 325 g/mol. The van der Waals surface area contributed by atoms with Gasteiger partial charge >= 0.3 is 0 Å². The molecule has 0 N–H and O–H groups in total. The maximum atomic E-state index is 12.0. The van der Waals surface area contributed by atoms with Crippen molar-refractivity contribution in [3.8, 4) is 11.8 Å². The number of halogens is 1. The predicted molar refractivity (Wildman–Crippen MR) is 92.4 cm³/mol. The number of rotatable bonds is 4. The van der Waals surface area contributed by atoms with E-state index >= 15 is 0 Å². The highest BCUT2D eigenvalue weighted by Gasteiger charge is 2.29. The molecule has 1 unspecified atom stereocenters. The number of benzene rings is 2. The first kappa shape index (κ1) is 17.0. The maximum absolute atomic E-state index is 12.0. The van der Waals surface area contributed by atoms with Gasteiger partial charge in [-0.25, -0.2) is 0 Å². The molecule has 0 spiro atoms. The Morgan fingerprint density at radius 2 is 1.48 bits per heavy atom. The normalized spacial score (nSPS) is 11.5. The lowest BCUT2D eigenvalue weighted by Crippen LogP contribution is -2.26. The van der Waals surface area contributed by atoms with Crippen LogP contribution in [0.15, 0.2) is 54.6 Å². The van der Waals surface area contributed by atoms with E-state index in [0.29, 0.717) is 5.02 Å². The van der Waals surface area contributed by atoms with Crippen LogP contribution in [-0.2, 0) is 9.59 Å². The zero-order valence-corrected chi connectivity index (χ0v) is 13.8. The molecule has 116 valence electrons. The van der Waals surface area contributed by atoms with Crippen molar-refractivity contribution in [2.24, 2.45) is 5.92 Å². The lowest BCUT2D eigenvalue weighted by atomic mass is 9.81. The lowest BCUT2D eigenvalue weighted by molar-refractivity contribution is -0.130. The van der Waals surface area contributed by atoms with Gasteiger partial charge in [0.15, 0.2) is 0 Å². The van der Waals surface area contributed by atoms with E-state index in [0.717, 1.165) is 11.1 Å². The van der Waals surface area contributed by atoms with E-state index in [2.05, 4.69) is 11.8 Å². The van der Waals surface area contributed by atoms with Gasteiger partial charge in [0.25, 0.3) is 0 Å². The molecule has 0 aromatic heterocycles. The van der Waals surface area contributed by atoms with Crippen molar-refractivity contribution in [3.63, 3.8) is 0 Å². The van der Waals surface area contributed by atoms with Crippen LogP contribution in [0.1, 0.15) is 30.9 Å². The lowest BCUT2D eigenvalue weighted by Gasteiger charge is -2.18. The van der Waals surface area contributed by atoms with Crippen molar-refractivity contribution in [2.45, 2.75) is 19.8 Å². The predicted octanol–water partition coefficient (Wildman–Crippen LogP) is 4.27. The van der Waals surface area contributed by atoms with Crippen LogP contribution in [0.4, 0.5) is 0 Å². The van der Waals surface area contributed by atoms with Crippen LogP contribution in [0.5, 0.6) is 0 Å². The number of hydrogen-bond acceptors (Lipinski definition) is 2. The molecule has 0 aliphatic rings. The van der Waals surface area contributed by atoms with Crippen LogP contribution in [0.25, 0.3) is 0 Å². The molecule has 0 fully saturated rings. The van der Waals surface area contributed by atoms with E-state index < -0.39 is 11.8 Å².